The van der Waals surface area contributed by atoms with Gasteiger partial charge in [0.05, 0.1) is 5.56 Å². The van der Waals surface area contributed by atoms with Crippen molar-refractivity contribution in [3.8, 4) is 5.75 Å². The van der Waals surface area contributed by atoms with Crippen LogP contribution in [0.4, 0.5) is 0 Å². The van der Waals surface area contributed by atoms with Crippen LogP contribution in [0.5, 0.6) is 5.75 Å². The van der Waals surface area contributed by atoms with Gasteiger partial charge in [-0.25, -0.2) is 4.79 Å². The highest BCUT2D eigenvalue weighted by molar-refractivity contribution is 6.31. The third-order valence-corrected chi connectivity index (χ3v) is 4.54. The Bertz CT molecular complexity index is 798. The molecule has 0 spiro atoms. The van der Waals surface area contributed by atoms with E-state index in [0.29, 0.717) is 23.4 Å². The molecule has 1 unspecified atom stereocenters. The zero-order chi connectivity index (χ0) is 20.5. The van der Waals surface area contributed by atoms with E-state index in [2.05, 4.69) is 5.23 Å². The van der Waals surface area contributed by atoms with Crippen molar-refractivity contribution in [2.45, 2.75) is 32.7 Å². The molecule has 0 heterocycles. The predicted octanol–water partition coefficient (Wildman–Crippen LogP) is 3.59. The van der Waals surface area contributed by atoms with Crippen LogP contribution in [-0.2, 0) is 15.9 Å². The fraction of sp³-hybridized carbons (Fsp3) is 0.333. The summed E-state index contributed by atoms with van der Waals surface area (Å²) < 4.78 is 10.5. The number of benzene rings is 2. The predicted molar refractivity (Wildman–Crippen MR) is 112 cm³/mol. The number of carbonyl (C=O) groups excluding carboxylic acids is 2. The first-order chi connectivity index (χ1) is 13.4. The van der Waals surface area contributed by atoms with E-state index in [1.807, 2.05) is 44.2 Å². The molecule has 0 fully saturated rings. The summed E-state index contributed by atoms with van der Waals surface area (Å²) in [5, 5.41) is 3.38. The lowest BCUT2D eigenvalue weighted by Crippen LogP contribution is -2.45. The molecule has 1 atom stereocenters. The Hall–Kier alpha value is -2.15. The number of ketones is 1. The van der Waals surface area contributed by atoms with Gasteiger partial charge in [0.2, 0.25) is 0 Å². The molecule has 0 amide bonds. The van der Waals surface area contributed by atoms with Crippen molar-refractivity contribution in [1.82, 2.24) is 5.23 Å². The van der Waals surface area contributed by atoms with Gasteiger partial charge in [0, 0.05) is 24.6 Å². The molecule has 0 radical (unpaired) electrons. The average Bonchev–Trinajstić information content (AvgIpc) is 2.67. The quantitative estimate of drug-likeness (QED) is 0.285. The molecular formula is C21H25BClNO4. The third kappa shape index (κ3) is 6.48. The lowest BCUT2D eigenvalue weighted by atomic mass is 10.0. The van der Waals surface area contributed by atoms with E-state index >= 15 is 0 Å². The van der Waals surface area contributed by atoms with Gasteiger partial charge in [-0.05, 0) is 30.0 Å². The minimum absolute atomic E-state index is 0.0148. The van der Waals surface area contributed by atoms with Crippen LogP contribution in [0, 0.1) is 5.92 Å². The highest BCUT2D eigenvalue weighted by Gasteiger charge is 2.25. The maximum Gasteiger partial charge on any atom is 0.361 e. The number of hydrogen-bond acceptors (Lipinski definition) is 5. The Morgan fingerprint density at radius 1 is 1.14 bits per heavy atom. The number of nitrogens with one attached hydrogen (secondary N) is 1. The number of ether oxygens (including phenoxy) is 1. The largest absolute Gasteiger partial charge is 0.427 e. The lowest BCUT2D eigenvalue weighted by Gasteiger charge is -2.20. The number of halogens is 1. The Morgan fingerprint density at radius 2 is 1.86 bits per heavy atom. The van der Waals surface area contributed by atoms with Crippen LogP contribution in [0.2, 0.25) is 5.02 Å². The molecule has 7 heteroatoms. The molecule has 0 aliphatic rings. The van der Waals surface area contributed by atoms with Crippen molar-refractivity contribution in [1.29, 1.82) is 0 Å². The van der Waals surface area contributed by atoms with Gasteiger partial charge in [-0.1, -0.05) is 55.8 Å². The molecule has 1 N–H and O–H groups in total. The van der Waals surface area contributed by atoms with Gasteiger partial charge in [0.15, 0.2) is 5.78 Å². The van der Waals surface area contributed by atoms with Gasteiger partial charge >= 0.3 is 13.6 Å². The van der Waals surface area contributed by atoms with E-state index in [1.165, 1.54) is 13.2 Å². The smallest absolute Gasteiger partial charge is 0.361 e. The second-order valence-electron chi connectivity index (χ2n) is 6.83. The summed E-state index contributed by atoms with van der Waals surface area (Å²) in [6.45, 7) is 3.80. The molecule has 0 bridgehead atoms. The van der Waals surface area contributed by atoms with E-state index in [-0.39, 0.29) is 25.1 Å². The van der Waals surface area contributed by atoms with Gasteiger partial charge in [-0.15, -0.1) is 0 Å². The van der Waals surface area contributed by atoms with Crippen LogP contribution in [0.3, 0.4) is 0 Å². The summed E-state index contributed by atoms with van der Waals surface area (Å²) in [6, 6.07) is 13.9. The SMILES string of the molecule is COBNC(C(=O)Oc1cc(Cl)ccc1C(=O)CCc1ccccc1)C(C)C. The number of esters is 1. The molecule has 0 saturated heterocycles. The number of hydrogen-bond donors (Lipinski definition) is 1. The fourth-order valence-corrected chi connectivity index (χ4v) is 2.95. The molecule has 2 rings (SSSR count). The standard InChI is InChI=1S/C21H25BClNO4/c1-14(2)20(24-22-27-3)21(26)28-19-13-16(23)10-11-17(19)18(25)12-9-15-7-5-4-6-8-15/h4-8,10-11,13-14,20,22,24H,9,12H2,1-3H3. The van der Waals surface area contributed by atoms with Crippen molar-refractivity contribution in [2.75, 3.05) is 7.11 Å². The number of rotatable bonds is 10. The summed E-state index contributed by atoms with van der Waals surface area (Å²) in [4.78, 5) is 25.4. The van der Waals surface area contributed by atoms with Gasteiger partial charge in [-0.2, -0.15) is 0 Å². The molecule has 28 heavy (non-hydrogen) atoms. The zero-order valence-corrected chi connectivity index (χ0v) is 17.2. The Labute approximate surface area is 171 Å². The topological polar surface area (TPSA) is 64.6 Å². The first kappa shape index (κ1) is 22.1. The molecule has 0 aromatic heterocycles. The Kier molecular flexibility index (Phi) is 8.70. The minimum Gasteiger partial charge on any atom is -0.427 e. The van der Waals surface area contributed by atoms with Gasteiger partial charge < -0.3 is 14.6 Å². The minimum atomic E-state index is -0.564. The van der Waals surface area contributed by atoms with Gasteiger partial charge in [-0.3, -0.25) is 4.79 Å². The van der Waals surface area contributed by atoms with Crippen molar-refractivity contribution in [2.24, 2.45) is 5.92 Å². The van der Waals surface area contributed by atoms with Crippen molar-refractivity contribution >= 4 is 31.0 Å². The maximum absolute atomic E-state index is 12.7. The van der Waals surface area contributed by atoms with Gasteiger partial charge in [0.25, 0.3) is 0 Å². The highest BCUT2D eigenvalue weighted by Crippen LogP contribution is 2.26. The molecule has 2 aromatic carbocycles. The van der Waals surface area contributed by atoms with Crippen LogP contribution in [0.25, 0.3) is 0 Å². The number of Topliss-reactive ketones (excluding diaryl/α,β-unsaturated/α-hetero) is 1. The molecule has 148 valence electrons. The van der Waals surface area contributed by atoms with Crippen molar-refractivity contribution < 1.29 is 19.0 Å². The lowest BCUT2D eigenvalue weighted by molar-refractivity contribution is -0.137. The molecule has 0 saturated carbocycles. The van der Waals surface area contributed by atoms with E-state index in [9.17, 15) is 9.59 Å². The number of aryl methyl sites for hydroxylation is 1. The summed E-state index contributed by atoms with van der Waals surface area (Å²) in [6.07, 6.45) is 0.922. The summed E-state index contributed by atoms with van der Waals surface area (Å²) in [7, 11) is 1.76. The second-order valence-corrected chi connectivity index (χ2v) is 7.27. The zero-order valence-electron chi connectivity index (χ0n) is 16.4. The van der Waals surface area contributed by atoms with Crippen LogP contribution < -0.4 is 9.96 Å². The monoisotopic (exact) mass is 401 g/mol. The fourth-order valence-electron chi connectivity index (χ4n) is 2.78. The molecule has 5 nitrogen and oxygen atoms in total. The first-order valence-corrected chi connectivity index (χ1v) is 9.61. The highest BCUT2D eigenvalue weighted by atomic mass is 35.5. The summed E-state index contributed by atoms with van der Waals surface area (Å²) >= 11 is 6.07. The van der Waals surface area contributed by atoms with E-state index in [0.717, 1.165) is 5.56 Å². The number of carbonyl (C=O) groups is 2. The first-order valence-electron chi connectivity index (χ1n) is 9.23. The van der Waals surface area contributed by atoms with E-state index < -0.39 is 12.0 Å². The van der Waals surface area contributed by atoms with Crippen LogP contribution in [0.15, 0.2) is 48.5 Å². The Morgan fingerprint density at radius 3 is 2.50 bits per heavy atom. The molecule has 2 aromatic rings. The third-order valence-electron chi connectivity index (χ3n) is 4.31. The normalized spacial score (nSPS) is 11.9. The van der Waals surface area contributed by atoms with Crippen LogP contribution in [-0.4, -0.2) is 32.5 Å². The maximum atomic E-state index is 12.7. The van der Waals surface area contributed by atoms with Crippen molar-refractivity contribution in [3.63, 3.8) is 0 Å². The Balaban J connectivity index is 2.14. The van der Waals surface area contributed by atoms with Crippen LogP contribution >= 0.6 is 11.6 Å². The summed E-state index contributed by atoms with van der Waals surface area (Å²) in [5.41, 5.74) is 1.43. The van der Waals surface area contributed by atoms with E-state index in [4.69, 9.17) is 21.0 Å². The molecule has 0 aliphatic carbocycles. The van der Waals surface area contributed by atoms with Crippen LogP contribution in [0.1, 0.15) is 36.2 Å². The van der Waals surface area contributed by atoms with Crippen molar-refractivity contribution in [3.05, 3.63) is 64.7 Å². The second kappa shape index (κ2) is 11.0. The van der Waals surface area contributed by atoms with Gasteiger partial charge in [0.1, 0.15) is 11.8 Å². The van der Waals surface area contributed by atoms with E-state index in [1.54, 1.807) is 12.1 Å². The average molecular weight is 402 g/mol. The molecule has 0 aliphatic heterocycles. The molecular weight excluding hydrogens is 376 g/mol. The summed E-state index contributed by atoms with van der Waals surface area (Å²) in [5.74, 6) is -0.416.